The first-order chi connectivity index (χ1) is 7.84. The third-order valence-corrected chi connectivity index (χ3v) is 2.31. The van der Waals surface area contributed by atoms with Gasteiger partial charge in [-0.3, -0.25) is 4.79 Å². The zero-order valence-corrected chi connectivity index (χ0v) is 8.29. The molecule has 0 atom stereocenters. The minimum Gasteiger partial charge on any atom is -0.317 e. The molecule has 1 aromatic carbocycles. The Labute approximate surface area is 90.4 Å². The molecule has 1 N–H and O–H groups in total. The average Bonchev–Trinajstić information content (AvgIpc) is 2.73. The summed E-state index contributed by atoms with van der Waals surface area (Å²) in [4.78, 5) is 17.8. The van der Waals surface area contributed by atoms with Crippen LogP contribution in [0.25, 0.3) is 16.9 Å². The molecule has 0 fully saturated rings. The minimum atomic E-state index is -0.222. The highest BCUT2D eigenvalue weighted by molar-refractivity contribution is 5.70. The summed E-state index contributed by atoms with van der Waals surface area (Å²) >= 11 is 0. The van der Waals surface area contributed by atoms with E-state index in [0.717, 1.165) is 5.69 Å². The fourth-order valence-electron chi connectivity index (χ4n) is 1.60. The maximum atomic E-state index is 11.1. The smallest absolute Gasteiger partial charge is 0.267 e. The number of hydrogen-bond donors (Lipinski definition) is 1. The van der Waals surface area contributed by atoms with Gasteiger partial charge in [-0.1, -0.05) is 18.2 Å². The first kappa shape index (κ1) is 8.84. The fourth-order valence-corrected chi connectivity index (χ4v) is 1.60. The van der Waals surface area contributed by atoms with Crippen molar-refractivity contribution in [1.29, 1.82) is 0 Å². The second-order valence-electron chi connectivity index (χ2n) is 3.38. The third kappa shape index (κ3) is 1.30. The van der Waals surface area contributed by atoms with Crippen LogP contribution in [0, 0.1) is 0 Å². The summed E-state index contributed by atoms with van der Waals surface area (Å²) in [5.74, 6) is 0. The van der Waals surface area contributed by atoms with Crippen molar-refractivity contribution in [2.45, 2.75) is 0 Å². The fraction of sp³-hybridized carbons (Fsp3) is 0. The van der Waals surface area contributed by atoms with E-state index in [9.17, 15) is 4.79 Å². The maximum Gasteiger partial charge on any atom is 0.267 e. The van der Waals surface area contributed by atoms with Crippen LogP contribution in [-0.2, 0) is 0 Å². The molecule has 3 rings (SSSR count). The van der Waals surface area contributed by atoms with Gasteiger partial charge in [-0.15, -0.1) is 0 Å². The molecule has 78 valence electrons. The van der Waals surface area contributed by atoms with Crippen molar-refractivity contribution in [3.63, 3.8) is 0 Å². The first-order valence-corrected chi connectivity index (χ1v) is 4.83. The van der Waals surface area contributed by atoms with Gasteiger partial charge in [-0.25, -0.2) is 9.67 Å². The minimum absolute atomic E-state index is 0.222. The number of benzene rings is 1. The molecule has 0 amide bonds. The van der Waals surface area contributed by atoms with E-state index in [1.807, 2.05) is 30.3 Å². The van der Waals surface area contributed by atoms with Gasteiger partial charge < -0.3 is 4.98 Å². The van der Waals surface area contributed by atoms with Crippen LogP contribution in [0.3, 0.4) is 0 Å². The standard InChI is InChI=1S/C11H8N4O/c16-10-7-12-11-9(14-10)6-13-15(11)8-4-2-1-3-5-8/h1-7H,(H,14,16). The summed E-state index contributed by atoms with van der Waals surface area (Å²) in [7, 11) is 0. The van der Waals surface area contributed by atoms with Crippen molar-refractivity contribution >= 4 is 11.2 Å². The summed E-state index contributed by atoms with van der Waals surface area (Å²) in [6, 6.07) is 9.64. The van der Waals surface area contributed by atoms with Crippen molar-refractivity contribution < 1.29 is 0 Å². The van der Waals surface area contributed by atoms with E-state index in [2.05, 4.69) is 15.1 Å². The molecule has 2 heterocycles. The van der Waals surface area contributed by atoms with Crippen molar-refractivity contribution in [3.05, 3.63) is 53.1 Å². The molecule has 2 aromatic heterocycles. The highest BCUT2D eigenvalue weighted by Gasteiger charge is 2.05. The monoisotopic (exact) mass is 212 g/mol. The normalized spacial score (nSPS) is 10.8. The van der Waals surface area contributed by atoms with Crippen molar-refractivity contribution in [2.75, 3.05) is 0 Å². The number of fused-ring (bicyclic) bond motifs is 1. The Kier molecular flexibility index (Phi) is 1.83. The van der Waals surface area contributed by atoms with E-state index >= 15 is 0 Å². The zero-order valence-electron chi connectivity index (χ0n) is 8.29. The molecule has 0 unspecified atom stereocenters. The first-order valence-electron chi connectivity index (χ1n) is 4.83. The number of hydrogen-bond acceptors (Lipinski definition) is 3. The van der Waals surface area contributed by atoms with Crippen LogP contribution in [-0.4, -0.2) is 19.7 Å². The van der Waals surface area contributed by atoms with E-state index in [1.165, 1.54) is 6.20 Å². The largest absolute Gasteiger partial charge is 0.317 e. The number of H-pyrrole nitrogens is 1. The molecule has 0 radical (unpaired) electrons. The Hall–Kier alpha value is -2.43. The molecular formula is C11H8N4O. The van der Waals surface area contributed by atoms with Crippen LogP contribution in [0.5, 0.6) is 0 Å². The number of rotatable bonds is 1. The van der Waals surface area contributed by atoms with Gasteiger partial charge in [-0.05, 0) is 12.1 Å². The van der Waals surface area contributed by atoms with E-state index < -0.39 is 0 Å². The molecule has 16 heavy (non-hydrogen) atoms. The van der Waals surface area contributed by atoms with Crippen LogP contribution in [0.4, 0.5) is 0 Å². The predicted molar refractivity (Wildman–Crippen MR) is 59.5 cm³/mol. The second-order valence-corrected chi connectivity index (χ2v) is 3.38. The van der Waals surface area contributed by atoms with Crippen LogP contribution < -0.4 is 5.56 Å². The summed E-state index contributed by atoms with van der Waals surface area (Å²) in [6.45, 7) is 0. The van der Waals surface area contributed by atoms with Gasteiger partial charge >= 0.3 is 0 Å². The number of nitrogens with one attached hydrogen (secondary N) is 1. The van der Waals surface area contributed by atoms with Crippen LogP contribution in [0.1, 0.15) is 0 Å². The van der Waals surface area contributed by atoms with Gasteiger partial charge in [0.1, 0.15) is 5.52 Å². The third-order valence-electron chi connectivity index (χ3n) is 2.31. The van der Waals surface area contributed by atoms with Gasteiger partial charge in [0.15, 0.2) is 5.65 Å². The van der Waals surface area contributed by atoms with Crippen LogP contribution >= 0.6 is 0 Å². The Morgan fingerprint density at radius 2 is 1.94 bits per heavy atom. The summed E-state index contributed by atoms with van der Waals surface area (Å²) in [5, 5.41) is 4.19. The van der Waals surface area contributed by atoms with Crippen molar-refractivity contribution in [1.82, 2.24) is 19.7 Å². The Morgan fingerprint density at radius 3 is 2.75 bits per heavy atom. The predicted octanol–water partition coefficient (Wildman–Crippen LogP) is 1.11. The lowest BCUT2D eigenvalue weighted by molar-refractivity contribution is 0.896. The molecule has 0 aliphatic heterocycles. The quantitative estimate of drug-likeness (QED) is 0.657. The lowest BCUT2D eigenvalue weighted by Crippen LogP contribution is -2.05. The summed E-state index contributed by atoms with van der Waals surface area (Å²) in [6.07, 6.45) is 2.85. The molecule has 5 nitrogen and oxygen atoms in total. The maximum absolute atomic E-state index is 11.1. The average molecular weight is 212 g/mol. The highest BCUT2D eigenvalue weighted by Crippen LogP contribution is 2.12. The van der Waals surface area contributed by atoms with E-state index in [-0.39, 0.29) is 5.56 Å². The molecule has 0 saturated carbocycles. The van der Waals surface area contributed by atoms with E-state index in [4.69, 9.17) is 0 Å². The SMILES string of the molecule is O=c1cnc2c(cnn2-c2ccccc2)[nH]1. The Balaban J connectivity index is 2.30. The molecule has 0 bridgehead atoms. The molecule has 0 aliphatic carbocycles. The van der Waals surface area contributed by atoms with Gasteiger partial charge in [0.2, 0.25) is 0 Å². The number of aromatic amines is 1. The Morgan fingerprint density at radius 1 is 1.12 bits per heavy atom. The number of para-hydroxylation sites is 1. The molecule has 3 aromatic rings. The van der Waals surface area contributed by atoms with E-state index in [1.54, 1.807) is 10.9 Å². The van der Waals surface area contributed by atoms with Gasteiger partial charge in [0, 0.05) is 0 Å². The molecule has 0 spiro atoms. The lowest BCUT2D eigenvalue weighted by Gasteiger charge is -2.00. The number of aromatic nitrogens is 4. The molecule has 0 aliphatic rings. The van der Waals surface area contributed by atoms with E-state index in [0.29, 0.717) is 11.2 Å². The van der Waals surface area contributed by atoms with Gasteiger partial charge in [-0.2, -0.15) is 5.10 Å². The highest BCUT2D eigenvalue weighted by atomic mass is 16.1. The summed E-state index contributed by atoms with van der Waals surface area (Å²) in [5.41, 5.74) is 1.97. The second kappa shape index (κ2) is 3.30. The Bertz CT molecular complexity index is 684. The van der Waals surface area contributed by atoms with Crippen molar-refractivity contribution in [3.8, 4) is 5.69 Å². The molecule has 5 heteroatoms. The molecular weight excluding hydrogens is 204 g/mol. The molecule has 0 saturated heterocycles. The van der Waals surface area contributed by atoms with Crippen LogP contribution in [0.2, 0.25) is 0 Å². The van der Waals surface area contributed by atoms with Gasteiger partial charge in [0.05, 0.1) is 18.1 Å². The summed E-state index contributed by atoms with van der Waals surface area (Å²) < 4.78 is 1.69. The van der Waals surface area contributed by atoms with Crippen molar-refractivity contribution in [2.24, 2.45) is 0 Å². The van der Waals surface area contributed by atoms with Gasteiger partial charge in [0.25, 0.3) is 5.56 Å². The zero-order chi connectivity index (χ0) is 11.0. The number of nitrogens with zero attached hydrogens (tertiary/aromatic N) is 3. The topological polar surface area (TPSA) is 63.6 Å². The lowest BCUT2D eigenvalue weighted by atomic mass is 10.3. The van der Waals surface area contributed by atoms with Crippen LogP contribution in [0.15, 0.2) is 47.5 Å².